The van der Waals surface area contributed by atoms with Crippen LogP contribution >= 0.6 is 0 Å². The van der Waals surface area contributed by atoms with Crippen LogP contribution in [0.15, 0.2) is 0 Å². The molecule has 0 aliphatic rings. The molecule has 6 N–H and O–H groups in total. The average molecular weight is 368 g/mol. The molecule has 0 unspecified atom stereocenters. The maximum atomic E-state index is 8.40. The molecule has 7 nitrogen and oxygen atoms in total. The van der Waals surface area contributed by atoms with E-state index in [1.54, 1.807) is 0 Å². The molecule has 0 bridgehead atoms. The number of nitriles is 2. The number of unbranched alkanes of at least 4 members (excludes halogenated alkanes) is 1. The minimum Gasteiger partial charge on any atom is -0.330 e. The summed E-state index contributed by atoms with van der Waals surface area (Å²) >= 11 is 0. The Morgan fingerprint density at radius 1 is 0.615 bits per heavy atom. The summed E-state index contributed by atoms with van der Waals surface area (Å²) < 4.78 is 0. The van der Waals surface area contributed by atoms with E-state index in [0.717, 1.165) is 65.1 Å². The van der Waals surface area contributed by atoms with Gasteiger partial charge in [0.2, 0.25) is 0 Å². The lowest BCUT2D eigenvalue weighted by molar-refractivity contribution is 0.266. The van der Waals surface area contributed by atoms with E-state index < -0.39 is 0 Å². The summed E-state index contributed by atoms with van der Waals surface area (Å²) in [6.45, 7) is 10.3. The lowest BCUT2D eigenvalue weighted by Crippen LogP contribution is -2.29. The van der Waals surface area contributed by atoms with Gasteiger partial charge < -0.3 is 27.0 Å². The van der Waals surface area contributed by atoms with Gasteiger partial charge >= 0.3 is 0 Å². The molecule has 0 rings (SSSR count). The molecule has 0 aromatic rings. The summed E-state index contributed by atoms with van der Waals surface area (Å²) in [5.74, 6) is 0. The van der Waals surface area contributed by atoms with E-state index in [1.807, 2.05) is 0 Å². The molecule has 0 atom stereocenters. The van der Waals surface area contributed by atoms with E-state index in [2.05, 4.69) is 28.9 Å². The molecule has 7 heteroatoms. The van der Waals surface area contributed by atoms with E-state index in [9.17, 15) is 0 Å². The van der Waals surface area contributed by atoms with Crippen LogP contribution in [-0.4, -0.2) is 68.7 Å². The summed E-state index contributed by atoms with van der Waals surface area (Å²) in [4.78, 5) is 4.59. The zero-order valence-corrected chi connectivity index (χ0v) is 16.8. The Morgan fingerprint density at radius 2 is 0.962 bits per heavy atom. The first-order chi connectivity index (χ1) is 12.7. The van der Waals surface area contributed by atoms with Crippen molar-refractivity contribution in [3.63, 3.8) is 0 Å². The van der Waals surface area contributed by atoms with Gasteiger partial charge in [-0.05, 0) is 71.5 Å². The highest BCUT2D eigenvalue weighted by molar-refractivity contribution is 4.76. The molecule has 152 valence electrons. The fourth-order valence-corrected chi connectivity index (χ4v) is 2.41. The second-order valence-corrected chi connectivity index (χ2v) is 6.28. The topological polar surface area (TPSA) is 132 Å². The van der Waals surface area contributed by atoms with Crippen molar-refractivity contribution in [1.82, 2.24) is 9.80 Å². The first-order valence-corrected chi connectivity index (χ1v) is 9.98. The van der Waals surface area contributed by atoms with Crippen molar-refractivity contribution < 1.29 is 0 Å². The molecular weight excluding hydrogens is 326 g/mol. The van der Waals surface area contributed by atoms with Crippen molar-refractivity contribution in [2.45, 2.75) is 51.9 Å². The standard InChI is InChI=1S/C10H25N3.C9H16N4/c1-2-3-8-13(9-4-6-11)10-5-7-12;10-4-1-7-13(8-2-5-11)9-3-6-12/h2-12H2,1H3;1-4,7-10H2. The molecule has 0 spiro atoms. The van der Waals surface area contributed by atoms with Crippen LogP contribution in [0, 0.1) is 22.7 Å². The fourth-order valence-electron chi connectivity index (χ4n) is 2.41. The molecule has 0 aliphatic carbocycles. The zero-order chi connectivity index (χ0) is 19.9. The fraction of sp³-hybridized carbons (Fsp3) is 0.895. The number of nitrogens with two attached hydrogens (primary N) is 3. The Morgan fingerprint density at radius 3 is 1.27 bits per heavy atom. The van der Waals surface area contributed by atoms with Gasteiger partial charge in [-0.25, -0.2) is 0 Å². The Hall–Kier alpha value is -1.22. The third-order valence-electron chi connectivity index (χ3n) is 3.94. The third-order valence-corrected chi connectivity index (χ3v) is 3.94. The lowest BCUT2D eigenvalue weighted by atomic mass is 10.2. The van der Waals surface area contributed by atoms with Gasteiger partial charge in [-0.15, -0.1) is 0 Å². The van der Waals surface area contributed by atoms with Crippen LogP contribution in [-0.2, 0) is 0 Å². The van der Waals surface area contributed by atoms with Crippen molar-refractivity contribution in [1.29, 1.82) is 10.5 Å². The van der Waals surface area contributed by atoms with Crippen molar-refractivity contribution in [3.8, 4) is 12.1 Å². The zero-order valence-electron chi connectivity index (χ0n) is 16.8. The highest BCUT2D eigenvalue weighted by atomic mass is 15.1. The van der Waals surface area contributed by atoms with E-state index in [0.29, 0.717) is 19.4 Å². The highest BCUT2D eigenvalue weighted by Crippen LogP contribution is 1.97. The van der Waals surface area contributed by atoms with Gasteiger partial charge in [0.05, 0.1) is 12.1 Å². The predicted octanol–water partition coefficient (Wildman–Crippen LogP) is 1.25. The Bertz CT molecular complexity index is 312. The van der Waals surface area contributed by atoms with Gasteiger partial charge in [0, 0.05) is 25.9 Å². The molecule has 0 radical (unpaired) electrons. The summed E-state index contributed by atoms with van der Waals surface area (Å²) in [5, 5.41) is 16.8. The van der Waals surface area contributed by atoms with Crippen molar-refractivity contribution in [2.24, 2.45) is 17.2 Å². The van der Waals surface area contributed by atoms with Crippen molar-refractivity contribution in [3.05, 3.63) is 0 Å². The number of hydrogen-bond acceptors (Lipinski definition) is 7. The first-order valence-electron chi connectivity index (χ1n) is 9.98. The van der Waals surface area contributed by atoms with Gasteiger partial charge in [0.25, 0.3) is 0 Å². The largest absolute Gasteiger partial charge is 0.330 e. The van der Waals surface area contributed by atoms with Crippen LogP contribution in [0.1, 0.15) is 51.9 Å². The van der Waals surface area contributed by atoms with Crippen LogP contribution in [0.4, 0.5) is 0 Å². The normalized spacial score (nSPS) is 10.3. The lowest BCUT2D eigenvalue weighted by Gasteiger charge is -2.21. The summed E-state index contributed by atoms with van der Waals surface area (Å²) in [5.41, 5.74) is 16.3. The summed E-state index contributed by atoms with van der Waals surface area (Å²) in [6.07, 6.45) is 6.74. The second kappa shape index (κ2) is 23.8. The molecule has 0 heterocycles. The van der Waals surface area contributed by atoms with Crippen LogP contribution < -0.4 is 17.2 Å². The van der Waals surface area contributed by atoms with Gasteiger partial charge in [0.1, 0.15) is 0 Å². The van der Waals surface area contributed by atoms with Crippen molar-refractivity contribution >= 4 is 0 Å². The minimum atomic E-state index is 0.524. The van der Waals surface area contributed by atoms with Crippen LogP contribution in [0.2, 0.25) is 0 Å². The molecule has 0 saturated heterocycles. The Kier molecular flexibility index (Phi) is 24.7. The molecule has 0 aromatic heterocycles. The van der Waals surface area contributed by atoms with Crippen LogP contribution in [0.25, 0.3) is 0 Å². The SMILES string of the molecule is CCCCN(CCCN)CCCN.N#CCCN(CCC#N)CCCN. The van der Waals surface area contributed by atoms with E-state index in [-0.39, 0.29) is 0 Å². The smallest absolute Gasteiger partial charge is 0.0635 e. The van der Waals surface area contributed by atoms with Gasteiger partial charge in [-0.2, -0.15) is 10.5 Å². The molecule has 0 fully saturated rings. The minimum absolute atomic E-state index is 0.524. The van der Waals surface area contributed by atoms with E-state index in [4.69, 9.17) is 27.7 Å². The van der Waals surface area contributed by atoms with E-state index in [1.165, 1.54) is 19.4 Å². The maximum absolute atomic E-state index is 8.40. The molecule has 0 aromatic carbocycles. The Labute approximate surface area is 161 Å². The third kappa shape index (κ3) is 20.8. The molecular formula is C19H41N7. The summed E-state index contributed by atoms with van der Waals surface area (Å²) in [6, 6.07) is 4.19. The van der Waals surface area contributed by atoms with Crippen LogP contribution in [0.3, 0.4) is 0 Å². The van der Waals surface area contributed by atoms with E-state index >= 15 is 0 Å². The number of hydrogen-bond donors (Lipinski definition) is 3. The molecule has 26 heavy (non-hydrogen) atoms. The van der Waals surface area contributed by atoms with Gasteiger partial charge in [0.15, 0.2) is 0 Å². The number of rotatable bonds is 16. The molecule has 0 saturated carbocycles. The predicted molar refractivity (Wildman–Crippen MR) is 109 cm³/mol. The van der Waals surface area contributed by atoms with Crippen molar-refractivity contribution in [2.75, 3.05) is 58.9 Å². The average Bonchev–Trinajstić information content (AvgIpc) is 2.67. The Balaban J connectivity index is 0. The number of nitrogens with zero attached hydrogens (tertiary/aromatic N) is 4. The monoisotopic (exact) mass is 367 g/mol. The van der Waals surface area contributed by atoms with Gasteiger partial charge in [-0.3, -0.25) is 0 Å². The first kappa shape index (κ1) is 27.0. The quantitative estimate of drug-likeness (QED) is 0.374. The second-order valence-electron chi connectivity index (χ2n) is 6.28. The maximum Gasteiger partial charge on any atom is 0.0635 e. The molecule has 0 aliphatic heterocycles. The molecule has 0 amide bonds. The van der Waals surface area contributed by atoms with Gasteiger partial charge in [-0.1, -0.05) is 13.3 Å². The van der Waals surface area contributed by atoms with Crippen LogP contribution in [0.5, 0.6) is 0 Å². The summed E-state index contributed by atoms with van der Waals surface area (Å²) in [7, 11) is 0. The highest BCUT2D eigenvalue weighted by Gasteiger charge is 2.03.